The Hall–Kier alpha value is -0.190. The van der Waals surface area contributed by atoms with E-state index in [0.717, 1.165) is 17.3 Å². The first-order valence-electron chi connectivity index (χ1n) is 5.33. The molecule has 2 rings (SSSR count). The number of ketones is 1. The summed E-state index contributed by atoms with van der Waals surface area (Å²) in [5.74, 6) is 2.78. The van der Waals surface area contributed by atoms with Crippen molar-refractivity contribution in [1.29, 1.82) is 0 Å². The number of hydrogen-bond donors (Lipinski definition) is 0. The first kappa shape index (κ1) is 13.2. The summed E-state index contributed by atoms with van der Waals surface area (Å²) >= 11 is 9.44. The molecule has 0 aliphatic carbocycles. The Balaban J connectivity index is 2.04. The zero-order chi connectivity index (χ0) is 12.3. The van der Waals surface area contributed by atoms with Crippen LogP contribution < -0.4 is 0 Å². The van der Waals surface area contributed by atoms with Crippen molar-refractivity contribution in [2.75, 3.05) is 17.3 Å². The number of benzene rings is 1. The molecule has 1 heterocycles. The molecular formula is C12H12ClFOS2. The van der Waals surface area contributed by atoms with Crippen LogP contribution in [0.1, 0.15) is 5.56 Å². The first-order chi connectivity index (χ1) is 8.16. The molecule has 17 heavy (non-hydrogen) atoms. The summed E-state index contributed by atoms with van der Waals surface area (Å²) in [5.41, 5.74) is 0.591. The Labute approximate surface area is 113 Å². The summed E-state index contributed by atoms with van der Waals surface area (Å²) in [6, 6.07) is 4.16. The van der Waals surface area contributed by atoms with Crippen molar-refractivity contribution in [2.45, 2.75) is 11.7 Å². The molecule has 1 atom stereocenters. The highest BCUT2D eigenvalue weighted by Gasteiger charge is 2.22. The molecule has 1 aromatic rings. The van der Waals surface area contributed by atoms with Crippen LogP contribution in [0, 0.1) is 5.82 Å². The van der Waals surface area contributed by atoms with E-state index in [9.17, 15) is 9.18 Å². The number of thioether (sulfide) groups is 2. The smallest absolute Gasteiger partial charge is 0.151 e. The fraction of sp³-hybridized carbons (Fsp3) is 0.417. The lowest BCUT2D eigenvalue weighted by atomic mass is 10.1. The molecule has 0 aromatic heterocycles. The predicted octanol–water partition coefficient (Wildman–Crippen LogP) is 3.44. The maximum atomic E-state index is 13.1. The van der Waals surface area contributed by atoms with E-state index in [1.807, 2.05) is 0 Å². The Morgan fingerprint density at radius 2 is 2.29 bits per heavy atom. The lowest BCUT2D eigenvalue weighted by Gasteiger charge is -2.19. The van der Waals surface area contributed by atoms with E-state index in [2.05, 4.69) is 0 Å². The summed E-state index contributed by atoms with van der Waals surface area (Å²) in [5, 5.41) is 0.501. The van der Waals surface area contributed by atoms with Gasteiger partial charge in [-0.3, -0.25) is 4.79 Å². The van der Waals surface area contributed by atoms with Gasteiger partial charge in [-0.25, -0.2) is 4.39 Å². The molecule has 0 saturated carbocycles. The fourth-order valence-electron chi connectivity index (χ4n) is 1.65. The molecule has 1 saturated heterocycles. The van der Waals surface area contributed by atoms with Gasteiger partial charge in [-0.1, -0.05) is 11.6 Å². The van der Waals surface area contributed by atoms with Crippen molar-refractivity contribution in [3.63, 3.8) is 0 Å². The molecule has 5 heteroatoms. The van der Waals surface area contributed by atoms with E-state index < -0.39 is 0 Å². The molecule has 0 radical (unpaired) electrons. The van der Waals surface area contributed by atoms with Crippen molar-refractivity contribution in [1.82, 2.24) is 0 Å². The third-order valence-electron chi connectivity index (χ3n) is 2.55. The average Bonchev–Trinajstić information content (AvgIpc) is 2.35. The molecule has 1 nitrogen and oxygen atoms in total. The van der Waals surface area contributed by atoms with Crippen molar-refractivity contribution >= 4 is 40.9 Å². The summed E-state index contributed by atoms with van der Waals surface area (Å²) < 4.78 is 13.1. The highest BCUT2D eigenvalue weighted by atomic mass is 35.5. The van der Waals surface area contributed by atoms with Crippen LogP contribution in [0.4, 0.5) is 4.39 Å². The minimum atomic E-state index is -0.345. The Morgan fingerprint density at radius 1 is 1.47 bits per heavy atom. The van der Waals surface area contributed by atoms with Gasteiger partial charge in [0.2, 0.25) is 0 Å². The Morgan fingerprint density at radius 3 is 3.00 bits per heavy atom. The number of Topliss-reactive ketones (excluding diaryl/α,β-unsaturated/α-hetero) is 1. The van der Waals surface area contributed by atoms with Gasteiger partial charge in [0, 0.05) is 28.7 Å². The van der Waals surface area contributed by atoms with Crippen LogP contribution in [0.15, 0.2) is 18.2 Å². The minimum Gasteiger partial charge on any atom is -0.298 e. The topological polar surface area (TPSA) is 17.1 Å². The van der Waals surface area contributed by atoms with Crippen LogP contribution in [0.25, 0.3) is 0 Å². The van der Waals surface area contributed by atoms with Gasteiger partial charge < -0.3 is 0 Å². The van der Waals surface area contributed by atoms with E-state index in [0.29, 0.717) is 10.6 Å². The molecule has 0 N–H and O–H groups in total. The third kappa shape index (κ3) is 3.63. The van der Waals surface area contributed by atoms with E-state index in [1.54, 1.807) is 23.5 Å². The second-order valence-corrected chi connectivity index (χ2v) is 6.68. The normalized spacial score (nSPS) is 20.2. The van der Waals surface area contributed by atoms with Gasteiger partial charge in [0.15, 0.2) is 5.78 Å². The predicted molar refractivity (Wildman–Crippen MR) is 73.7 cm³/mol. The summed E-state index contributed by atoms with van der Waals surface area (Å²) in [6.45, 7) is 0. The third-order valence-corrected chi connectivity index (χ3v) is 5.72. The van der Waals surface area contributed by atoms with Crippen LogP contribution in [-0.4, -0.2) is 28.3 Å². The molecule has 1 unspecified atom stereocenters. The van der Waals surface area contributed by atoms with Crippen molar-refractivity contribution in [3.05, 3.63) is 34.6 Å². The van der Waals surface area contributed by atoms with Crippen LogP contribution in [-0.2, 0) is 11.2 Å². The number of carbonyl (C=O) groups excluding carboxylic acids is 1. The molecule has 0 spiro atoms. The number of halogens is 2. The van der Waals surface area contributed by atoms with Gasteiger partial charge in [-0.05, 0) is 23.8 Å². The van der Waals surface area contributed by atoms with Gasteiger partial charge in [-0.2, -0.15) is 11.8 Å². The van der Waals surface area contributed by atoms with Crippen molar-refractivity contribution in [3.8, 4) is 0 Å². The van der Waals surface area contributed by atoms with Crippen LogP contribution in [0.2, 0.25) is 5.02 Å². The van der Waals surface area contributed by atoms with Gasteiger partial charge in [0.1, 0.15) is 5.82 Å². The molecule has 0 bridgehead atoms. The second-order valence-electron chi connectivity index (χ2n) is 3.81. The molecule has 92 valence electrons. The van der Waals surface area contributed by atoms with Crippen molar-refractivity contribution in [2.24, 2.45) is 0 Å². The van der Waals surface area contributed by atoms with Crippen molar-refractivity contribution < 1.29 is 9.18 Å². The Kier molecular flexibility index (Phi) is 4.77. The quantitative estimate of drug-likeness (QED) is 0.849. The van der Waals surface area contributed by atoms with E-state index in [4.69, 9.17) is 11.6 Å². The maximum Gasteiger partial charge on any atom is 0.151 e. The molecule has 1 aliphatic rings. The monoisotopic (exact) mass is 290 g/mol. The lowest BCUT2D eigenvalue weighted by Crippen LogP contribution is -2.25. The van der Waals surface area contributed by atoms with Gasteiger partial charge >= 0.3 is 0 Å². The Bertz CT molecular complexity index is 419. The van der Waals surface area contributed by atoms with Gasteiger partial charge in [-0.15, -0.1) is 11.8 Å². The van der Waals surface area contributed by atoms with E-state index in [-0.39, 0.29) is 23.3 Å². The second kappa shape index (κ2) is 6.12. The first-order valence-corrected chi connectivity index (χ1v) is 7.91. The molecule has 1 aliphatic heterocycles. The van der Waals surface area contributed by atoms with Gasteiger partial charge in [0.05, 0.1) is 5.25 Å². The highest BCUT2D eigenvalue weighted by molar-refractivity contribution is 8.07. The fourth-order valence-corrected chi connectivity index (χ4v) is 4.49. The standard InChI is InChI=1S/C12H12ClFOS2/c13-10-2-1-9(14)5-8(10)6-11(15)12-7-16-3-4-17-12/h1-2,5,12H,3-4,6-7H2. The summed E-state index contributed by atoms with van der Waals surface area (Å²) in [7, 11) is 0. The number of hydrogen-bond acceptors (Lipinski definition) is 3. The van der Waals surface area contributed by atoms with E-state index in [1.165, 1.54) is 18.2 Å². The largest absolute Gasteiger partial charge is 0.298 e. The summed E-state index contributed by atoms with van der Waals surface area (Å²) in [6.07, 6.45) is 0.231. The lowest BCUT2D eigenvalue weighted by molar-refractivity contribution is -0.117. The number of rotatable bonds is 3. The molecule has 0 amide bonds. The zero-order valence-electron chi connectivity index (χ0n) is 9.12. The molecule has 1 fully saturated rings. The van der Waals surface area contributed by atoms with Crippen LogP contribution >= 0.6 is 35.1 Å². The summed E-state index contributed by atoms with van der Waals surface area (Å²) in [4.78, 5) is 12.0. The highest BCUT2D eigenvalue weighted by Crippen LogP contribution is 2.27. The average molecular weight is 291 g/mol. The van der Waals surface area contributed by atoms with Crippen LogP contribution in [0.3, 0.4) is 0 Å². The maximum absolute atomic E-state index is 13.1. The zero-order valence-corrected chi connectivity index (χ0v) is 11.5. The van der Waals surface area contributed by atoms with Crippen LogP contribution in [0.5, 0.6) is 0 Å². The molecule has 1 aromatic carbocycles. The SMILES string of the molecule is O=C(Cc1cc(F)ccc1Cl)C1CSCCS1. The van der Waals surface area contributed by atoms with Gasteiger partial charge in [0.25, 0.3) is 0 Å². The minimum absolute atomic E-state index is 0.0353. The molecular weight excluding hydrogens is 279 g/mol. The number of carbonyl (C=O) groups is 1. The van der Waals surface area contributed by atoms with E-state index >= 15 is 0 Å².